The highest BCUT2D eigenvalue weighted by molar-refractivity contribution is 5.87. The van der Waals surface area contributed by atoms with Crippen molar-refractivity contribution in [1.29, 1.82) is 0 Å². The van der Waals surface area contributed by atoms with Crippen molar-refractivity contribution in [3.8, 4) is 0 Å². The van der Waals surface area contributed by atoms with Gasteiger partial charge in [0, 0.05) is 11.1 Å². The molecule has 0 aromatic heterocycles. The van der Waals surface area contributed by atoms with Crippen LogP contribution in [0.4, 0.5) is 0 Å². The van der Waals surface area contributed by atoms with Gasteiger partial charge in [0.05, 0.1) is 35.9 Å². The molecule has 13 heteroatoms. The first-order valence-corrected chi connectivity index (χ1v) is 13.4. The fraction of sp³-hybridized carbons (Fsp3) is 0.643. The lowest BCUT2D eigenvalue weighted by atomic mass is 9.76. The number of rotatable bonds is 14. The van der Waals surface area contributed by atoms with Crippen LogP contribution in [0.15, 0.2) is 24.3 Å². The van der Waals surface area contributed by atoms with Gasteiger partial charge in [-0.15, -0.1) is 0 Å². The first kappa shape index (κ1) is 33.5. The van der Waals surface area contributed by atoms with E-state index in [0.29, 0.717) is 12.8 Å². The fourth-order valence-electron chi connectivity index (χ4n) is 4.91. The summed E-state index contributed by atoms with van der Waals surface area (Å²) in [4.78, 5) is 71.9. The Morgan fingerprint density at radius 1 is 0.585 bits per heavy atom. The molecular weight excluding hydrogens is 544 g/mol. The molecule has 2 rings (SSSR count). The second-order valence-electron chi connectivity index (χ2n) is 10.3. The van der Waals surface area contributed by atoms with Crippen molar-refractivity contribution in [3.05, 3.63) is 24.3 Å². The van der Waals surface area contributed by atoms with Crippen LogP contribution in [0.25, 0.3) is 0 Å². The molecule has 2 fully saturated rings. The van der Waals surface area contributed by atoms with Crippen LogP contribution in [0.5, 0.6) is 0 Å². The highest BCUT2D eigenvalue weighted by Gasteiger charge is 2.44. The monoisotopic (exact) mass is 582 g/mol. The summed E-state index contributed by atoms with van der Waals surface area (Å²) in [5.41, 5.74) is 0.383. The number of hydrogen-bond acceptors (Lipinski definition) is 11. The van der Waals surface area contributed by atoms with E-state index in [4.69, 9.17) is 23.7 Å². The Balaban J connectivity index is 1.91. The van der Waals surface area contributed by atoms with E-state index in [1.165, 1.54) is 13.8 Å². The number of esters is 4. The van der Waals surface area contributed by atoms with Crippen molar-refractivity contribution in [3.63, 3.8) is 0 Å². The molecule has 6 atom stereocenters. The molecule has 6 unspecified atom stereocenters. The van der Waals surface area contributed by atoms with Gasteiger partial charge in [0.1, 0.15) is 26.4 Å². The predicted octanol–water partition coefficient (Wildman–Crippen LogP) is 2.07. The van der Waals surface area contributed by atoms with Crippen LogP contribution in [-0.4, -0.2) is 84.7 Å². The molecule has 0 spiro atoms. The number of carbonyl (C=O) groups excluding carboxylic acids is 4. The minimum absolute atomic E-state index is 0.0296. The molecule has 0 bridgehead atoms. The average Bonchev–Trinajstić information content (AvgIpc) is 2.92. The van der Waals surface area contributed by atoms with Gasteiger partial charge < -0.3 is 33.9 Å². The van der Waals surface area contributed by atoms with Gasteiger partial charge in [-0.25, -0.2) is 9.59 Å². The summed E-state index contributed by atoms with van der Waals surface area (Å²) in [5.74, 6) is -9.00. The molecule has 41 heavy (non-hydrogen) atoms. The van der Waals surface area contributed by atoms with E-state index in [9.17, 15) is 39.0 Å². The van der Waals surface area contributed by atoms with Gasteiger partial charge in [0.15, 0.2) is 0 Å². The molecule has 0 aromatic carbocycles. The topological polar surface area (TPSA) is 189 Å². The van der Waals surface area contributed by atoms with E-state index in [2.05, 4.69) is 13.2 Å². The Hall–Kier alpha value is -3.74. The predicted molar refractivity (Wildman–Crippen MR) is 139 cm³/mol. The number of aliphatic carboxylic acids is 2. The Bertz CT molecular complexity index is 1030. The maximum atomic E-state index is 12.7. The minimum atomic E-state index is -1.18. The van der Waals surface area contributed by atoms with Gasteiger partial charge in [-0.3, -0.25) is 19.2 Å². The van der Waals surface area contributed by atoms with E-state index in [1.807, 2.05) is 0 Å². The molecule has 0 amide bonds. The third-order valence-corrected chi connectivity index (χ3v) is 7.05. The Kier molecular flexibility index (Phi) is 13.0. The summed E-state index contributed by atoms with van der Waals surface area (Å²) < 4.78 is 26.1. The molecule has 228 valence electrons. The molecule has 0 aliphatic heterocycles. The third kappa shape index (κ3) is 10.3. The van der Waals surface area contributed by atoms with Crippen LogP contribution < -0.4 is 0 Å². The molecule has 13 nitrogen and oxygen atoms in total. The second kappa shape index (κ2) is 15.9. The Morgan fingerprint density at radius 2 is 0.976 bits per heavy atom. The third-order valence-electron chi connectivity index (χ3n) is 7.05. The van der Waals surface area contributed by atoms with E-state index in [0.717, 1.165) is 0 Å². The number of carboxylic acid groups (broad SMARTS) is 2. The molecule has 0 heterocycles. The standard InChI is InChI=1S/C28H38O13/c1-15(2)25(33)37-9-11-39-27(35)20-8-6-17(13-21(20)24(31)32)41-18-5-7-19(23(29)30)22(14-18)28(36)40-12-10-38-26(34)16(3)4/h17-22H,1,3,5-14H2,2,4H3,(H,29,30)(H,31,32). The van der Waals surface area contributed by atoms with Gasteiger partial charge >= 0.3 is 35.8 Å². The fourth-order valence-corrected chi connectivity index (χ4v) is 4.91. The quantitative estimate of drug-likeness (QED) is 0.131. The van der Waals surface area contributed by atoms with Crippen molar-refractivity contribution in [1.82, 2.24) is 0 Å². The van der Waals surface area contributed by atoms with Gasteiger partial charge in [0.25, 0.3) is 0 Å². The van der Waals surface area contributed by atoms with Crippen molar-refractivity contribution >= 4 is 35.8 Å². The van der Waals surface area contributed by atoms with Gasteiger partial charge in [0.2, 0.25) is 0 Å². The lowest BCUT2D eigenvalue weighted by molar-refractivity contribution is -0.170. The SMILES string of the molecule is C=C(C)C(=O)OCCOC(=O)C1CCC(OC2CCC(C(=O)O)C(C(=O)OCCOC(=O)C(=C)C)C2)CC1C(=O)O. The summed E-state index contributed by atoms with van der Waals surface area (Å²) >= 11 is 0. The maximum Gasteiger partial charge on any atom is 0.333 e. The van der Waals surface area contributed by atoms with Gasteiger partial charge in [-0.2, -0.15) is 0 Å². The lowest BCUT2D eigenvalue weighted by Crippen LogP contribution is -2.43. The Labute approximate surface area is 237 Å². The largest absolute Gasteiger partial charge is 0.481 e. The van der Waals surface area contributed by atoms with Crippen LogP contribution in [0, 0.1) is 23.7 Å². The number of carbonyl (C=O) groups is 6. The van der Waals surface area contributed by atoms with Gasteiger partial charge in [-0.05, 0) is 52.4 Å². The molecule has 0 aromatic rings. The molecule has 2 aliphatic rings. The molecule has 2 saturated carbocycles. The van der Waals surface area contributed by atoms with Crippen LogP contribution in [-0.2, 0) is 52.5 Å². The minimum Gasteiger partial charge on any atom is -0.481 e. The zero-order valence-electron chi connectivity index (χ0n) is 23.3. The average molecular weight is 583 g/mol. The second-order valence-corrected chi connectivity index (χ2v) is 10.3. The highest BCUT2D eigenvalue weighted by Crippen LogP contribution is 2.38. The normalized spacial score (nSPS) is 25.7. The van der Waals surface area contributed by atoms with Crippen LogP contribution >= 0.6 is 0 Å². The number of hydrogen-bond donors (Lipinski definition) is 2. The molecule has 2 aliphatic carbocycles. The van der Waals surface area contributed by atoms with E-state index >= 15 is 0 Å². The van der Waals surface area contributed by atoms with E-state index < -0.39 is 71.7 Å². The summed E-state index contributed by atoms with van der Waals surface area (Å²) in [6.07, 6.45) is 0.0910. The van der Waals surface area contributed by atoms with Crippen molar-refractivity contribution in [2.45, 2.75) is 64.6 Å². The first-order chi connectivity index (χ1) is 19.3. The molecular formula is C28H38O13. The van der Waals surface area contributed by atoms with Crippen molar-refractivity contribution in [2.24, 2.45) is 23.7 Å². The van der Waals surface area contributed by atoms with Gasteiger partial charge in [-0.1, -0.05) is 13.2 Å². The summed E-state index contributed by atoms with van der Waals surface area (Å²) in [5, 5.41) is 19.4. The number of ether oxygens (including phenoxy) is 5. The Morgan fingerprint density at radius 3 is 1.41 bits per heavy atom. The summed E-state index contributed by atoms with van der Waals surface area (Å²) in [6, 6.07) is 0. The van der Waals surface area contributed by atoms with Crippen LogP contribution in [0.2, 0.25) is 0 Å². The lowest BCUT2D eigenvalue weighted by Gasteiger charge is -2.37. The molecule has 0 radical (unpaired) electrons. The highest BCUT2D eigenvalue weighted by atomic mass is 16.6. The summed E-state index contributed by atoms with van der Waals surface area (Å²) in [6.45, 7) is 8.98. The smallest absolute Gasteiger partial charge is 0.333 e. The van der Waals surface area contributed by atoms with Crippen LogP contribution in [0.3, 0.4) is 0 Å². The van der Waals surface area contributed by atoms with Crippen molar-refractivity contribution in [2.75, 3.05) is 26.4 Å². The zero-order valence-corrected chi connectivity index (χ0v) is 23.3. The zero-order chi connectivity index (χ0) is 30.7. The van der Waals surface area contributed by atoms with E-state index in [1.54, 1.807) is 0 Å². The summed E-state index contributed by atoms with van der Waals surface area (Å²) in [7, 11) is 0. The maximum absolute atomic E-state index is 12.7. The van der Waals surface area contributed by atoms with Crippen molar-refractivity contribution < 1.29 is 62.7 Å². The first-order valence-electron chi connectivity index (χ1n) is 13.4. The molecule has 2 N–H and O–H groups in total. The number of carboxylic acids is 2. The van der Waals surface area contributed by atoms with E-state index in [-0.39, 0.29) is 63.3 Å². The van der Waals surface area contributed by atoms with Crippen LogP contribution in [0.1, 0.15) is 52.4 Å². The molecule has 0 saturated heterocycles.